The van der Waals surface area contributed by atoms with Gasteiger partial charge in [0.2, 0.25) is 3.79 Å². The van der Waals surface area contributed by atoms with Gasteiger partial charge < -0.3 is 34.3 Å². The van der Waals surface area contributed by atoms with E-state index in [-0.39, 0.29) is 62.0 Å². The van der Waals surface area contributed by atoms with Crippen LogP contribution in [0, 0.1) is 0 Å². The number of esters is 3. The summed E-state index contributed by atoms with van der Waals surface area (Å²) in [4.78, 5) is 58.4. The number of hydrogen-bond donors (Lipinski definition) is 2. The Morgan fingerprint density at radius 2 is 1.37 bits per heavy atom. The lowest BCUT2D eigenvalue weighted by Crippen LogP contribution is -2.37. The first-order valence-electron chi connectivity index (χ1n) is 11.0. The first-order valence-corrected chi connectivity index (χ1v) is 13.3. The van der Waals surface area contributed by atoms with Crippen molar-refractivity contribution < 1.29 is 47.7 Å². The number of nitrogens with one attached hydrogen (secondary N) is 2. The van der Waals surface area contributed by atoms with Gasteiger partial charge in [-0.15, -0.1) is 0 Å². The van der Waals surface area contributed by atoms with Crippen LogP contribution in [0.5, 0.6) is 0 Å². The van der Waals surface area contributed by atoms with Gasteiger partial charge in [0.15, 0.2) is 0 Å². The molecule has 0 bridgehead atoms. The summed E-state index contributed by atoms with van der Waals surface area (Å²) in [7, 11) is 0. The molecule has 0 saturated carbocycles. The predicted molar refractivity (Wildman–Crippen MR) is 142 cm³/mol. The molecule has 38 heavy (non-hydrogen) atoms. The Morgan fingerprint density at radius 1 is 0.842 bits per heavy atom. The topological polar surface area (TPSA) is 156 Å². The summed E-state index contributed by atoms with van der Waals surface area (Å²) in [5, 5.41) is 4.77. The van der Waals surface area contributed by atoms with Gasteiger partial charge in [-0.1, -0.05) is 48.0 Å². The first-order chi connectivity index (χ1) is 17.7. The summed E-state index contributed by atoms with van der Waals surface area (Å²) in [6.45, 7) is 8.88. The van der Waals surface area contributed by atoms with Crippen molar-refractivity contribution in [3.63, 3.8) is 0 Å². The summed E-state index contributed by atoms with van der Waals surface area (Å²) in [5.41, 5.74) is 0.432. The maximum Gasteiger partial charge on any atom is 0.407 e. The van der Waals surface area contributed by atoms with Gasteiger partial charge in [0.1, 0.15) is 32.5 Å². The largest absolute Gasteiger partial charge is 0.461 e. The number of carbonyl (C=O) groups excluding carboxylic acids is 5. The minimum absolute atomic E-state index is 0.0112. The molecule has 0 fully saturated rings. The Bertz CT molecular complexity index is 852. The number of rotatable bonds is 17. The minimum Gasteiger partial charge on any atom is -0.461 e. The van der Waals surface area contributed by atoms with Crippen LogP contribution < -0.4 is 10.6 Å². The highest BCUT2D eigenvalue weighted by Crippen LogP contribution is 2.26. The van der Waals surface area contributed by atoms with Crippen LogP contribution in [0.2, 0.25) is 0 Å². The third kappa shape index (κ3) is 20.7. The fourth-order valence-corrected chi connectivity index (χ4v) is 3.04. The van der Waals surface area contributed by atoms with E-state index in [1.807, 2.05) is 0 Å². The van der Waals surface area contributed by atoms with Gasteiger partial charge in [-0.05, 0) is 13.8 Å². The minimum atomic E-state index is -1.72. The van der Waals surface area contributed by atoms with Crippen LogP contribution in [0.25, 0.3) is 0 Å². The number of amides is 2. The second kappa shape index (κ2) is 19.7. The molecule has 0 heterocycles. The van der Waals surface area contributed by atoms with Crippen LogP contribution in [-0.2, 0) is 38.1 Å². The zero-order valence-electron chi connectivity index (χ0n) is 21.0. The van der Waals surface area contributed by atoms with Crippen LogP contribution in [-0.4, -0.2) is 91.0 Å². The van der Waals surface area contributed by atoms with Crippen molar-refractivity contribution >= 4 is 76.7 Å². The molecule has 0 aromatic heterocycles. The van der Waals surface area contributed by atoms with Crippen LogP contribution in [0.3, 0.4) is 0 Å². The monoisotopic (exact) mass is 620 g/mol. The number of alkyl carbamates (subject to hydrolysis) is 2. The third-order valence-corrected chi connectivity index (χ3v) is 5.16. The van der Waals surface area contributed by atoms with Gasteiger partial charge in [-0.2, -0.15) is 11.8 Å². The molecular weight excluding hydrogens is 591 g/mol. The fourth-order valence-electron chi connectivity index (χ4n) is 1.97. The van der Waals surface area contributed by atoms with E-state index < -0.39 is 46.6 Å². The second-order valence-corrected chi connectivity index (χ2v) is 11.1. The van der Waals surface area contributed by atoms with Crippen LogP contribution in [0.4, 0.5) is 9.59 Å². The Hall–Kier alpha value is -2.35. The van der Waals surface area contributed by atoms with E-state index in [1.165, 1.54) is 25.6 Å². The molecule has 0 aliphatic carbocycles. The molecule has 2 amide bonds. The van der Waals surface area contributed by atoms with Gasteiger partial charge in [-0.25, -0.2) is 19.2 Å². The molecule has 0 aliphatic rings. The molecule has 0 aliphatic heterocycles. The summed E-state index contributed by atoms with van der Waals surface area (Å²) in [6.07, 6.45) is -2.60. The van der Waals surface area contributed by atoms with Crippen molar-refractivity contribution in [2.75, 3.05) is 51.0 Å². The van der Waals surface area contributed by atoms with E-state index >= 15 is 0 Å². The quantitative estimate of drug-likeness (QED) is 0.0809. The average molecular weight is 622 g/mol. The number of hydrogen-bond acceptors (Lipinski definition) is 11. The molecule has 0 saturated heterocycles. The van der Waals surface area contributed by atoms with Crippen LogP contribution in [0.1, 0.15) is 20.3 Å². The van der Waals surface area contributed by atoms with Gasteiger partial charge in [0, 0.05) is 22.7 Å². The Morgan fingerprint density at radius 3 is 1.87 bits per heavy atom. The highest BCUT2D eigenvalue weighted by atomic mass is 35.6. The molecular formula is C22H31Cl3N2O10S. The van der Waals surface area contributed by atoms with Gasteiger partial charge in [0.25, 0.3) is 0 Å². The summed E-state index contributed by atoms with van der Waals surface area (Å²) >= 11 is 17.8. The second-order valence-electron chi connectivity index (χ2n) is 7.41. The maximum absolute atomic E-state index is 12.1. The third-order valence-electron chi connectivity index (χ3n) is 3.73. The SMILES string of the molecule is C=C(C)C(=O)OCCNC(=O)OCC(CSCCC(=O)OCC(Cl)(Cl)Cl)OC(=O)NCCOC(=O)C(=C)C. The Balaban J connectivity index is 4.59. The van der Waals surface area contributed by atoms with E-state index in [1.54, 1.807) is 0 Å². The zero-order chi connectivity index (χ0) is 29.1. The highest BCUT2D eigenvalue weighted by molar-refractivity contribution is 7.99. The van der Waals surface area contributed by atoms with Crippen LogP contribution >= 0.6 is 46.6 Å². The molecule has 0 spiro atoms. The summed E-state index contributed by atoms with van der Waals surface area (Å²) in [5.74, 6) is -1.36. The van der Waals surface area contributed by atoms with E-state index in [9.17, 15) is 24.0 Å². The van der Waals surface area contributed by atoms with Gasteiger partial charge >= 0.3 is 30.1 Å². The number of thioether (sulfide) groups is 1. The molecule has 0 aromatic carbocycles. The van der Waals surface area contributed by atoms with E-state index in [0.29, 0.717) is 0 Å². The zero-order valence-corrected chi connectivity index (χ0v) is 24.1. The van der Waals surface area contributed by atoms with Crippen molar-refractivity contribution in [2.45, 2.75) is 30.2 Å². The normalized spacial score (nSPS) is 11.4. The number of halogens is 3. The average Bonchev–Trinajstić information content (AvgIpc) is 2.83. The van der Waals surface area contributed by atoms with Gasteiger partial charge in [0.05, 0.1) is 19.5 Å². The number of alkyl halides is 3. The summed E-state index contributed by atoms with van der Waals surface area (Å²) < 4.78 is 23.1. The predicted octanol–water partition coefficient (Wildman–Crippen LogP) is 3.08. The van der Waals surface area contributed by atoms with Crippen molar-refractivity contribution in [3.8, 4) is 0 Å². The molecule has 16 heteroatoms. The number of ether oxygens (including phenoxy) is 5. The number of carbonyl (C=O) groups is 5. The van der Waals surface area contributed by atoms with Crippen molar-refractivity contribution in [1.82, 2.24) is 10.6 Å². The van der Waals surface area contributed by atoms with Crippen molar-refractivity contribution in [1.29, 1.82) is 0 Å². The van der Waals surface area contributed by atoms with Crippen LogP contribution in [0.15, 0.2) is 24.3 Å². The van der Waals surface area contributed by atoms with Crippen molar-refractivity contribution in [3.05, 3.63) is 24.3 Å². The fraction of sp³-hybridized carbons (Fsp3) is 0.591. The standard InChI is InChI=1S/C22H31Cl3N2O10S/c1-14(2)18(29)33-8-6-26-20(31)35-11-16(12-38-10-5-17(28)36-13-22(23,24)25)37-21(32)27-7-9-34-19(30)15(3)4/h16H,1,3,5-13H2,2,4H3,(H,26,31)(H,27,32). The van der Waals surface area contributed by atoms with Gasteiger partial charge in [-0.3, -0.25) is 4.79 Å². The Labute approximate surface area is 240 Å². The van der Waals surface area contributed by atoms with E-state index in [2.05, 4.69) is 23.8 Å². The van der Waals surface area contributed by atoms with E-state index in [4.69, 9.17) is 58.5 Å². The lowest BCUT2D eigenvalue weighted by Gasteiger charge is -2.18. The maximum atomic E-state index is 12.1. The molecule has 1 atom stereocenters. The molecule has 216 valence electrons. The smallest absolute Gasteiger partial charge is 0.407 e. The highest BCUT2D eigenvalue weighted by Gasteiger charge is 2.22. The lowest BCUT2D eigenvalue weighted by molar-refractivity contribution is -0.143. The molecule has 0 radical (unpaired) electrons. The van der Waals surface area contributed by atoms with Crippen molar-refractivity contribution in [2.24, 2.45) is 0 Å². The molecule has 2 N–H and O–H groups in total. The van der Waals surface area contributed by atoms with E-state index in [0.717, 1.165) is 0 Å². The molecule has 12 nitrogen and oxygen atoms in total. The Kier molecular flexibility index (Phi) is 18.5. The lowest BCUT2D eigenvalue weighted by atomic mass is 10.4. The molecule has 1 unspecified atom stereocenters. The molecule has 0 aromatic rings. The first kappa shape index (κ1) is 35.6. The summed E-state index contributed by atoms with van der Waals surface area (Å²) in [6, 6.07) is 0. The molecule has 0 rings (SSSR count).